The number of rotatable bonds is 2. The van der Waals surface area contributed by atoms with E-state index >= 15 is 0 Å². The molecule has 5 heteroatoms. The van der Waals surface area contributed by atoms with Crippen LogP contribution in [0.1, 0.15) is 40.5 Å². The van der Waals surface area contributed by atoms with Gasteiger partial charge in [0.2, 0.25) is 0 Å². The number of H-pyrrole nitrogens is 1. The first kappa shape index (κ1) is 27.1. The van der Waals surface area contributed by atoms with E-state index in [0.29, 0.717) is 11.8 Å². The summed E-state index contributed by atoms with van der Waals surface area (Å²) in [7, 11) is 2.27. The van der Waals surface area contributed by atoms with Gasteiger partial charge in [-0.2, -0.15) is 0 Å². The van der Waals surface area contributed by atoms with Crippen molar-refractivity contribution in [1.82, 2.24) is 14.5 Å². The fourth-order valence-corrected chi connectivity index (χ4v) is 6.14. The quantitative estimate of drug-likeness (QED) is 0.296. The number of hydrogen-bond donors (Lipinski definition) is 1. The Kier molecular flexibility index (Phi) is 8.93. The van der Waals surface area contributed by atoms with Crippen LogP contribution in [0.5, 0.6) is 0 Å². The van der Waals surface area contributed by atoms with Gasteiger partial charge in [0.15, 0.2) is 0 Å². The molecular formula is C33H37N3O2. The molecule has 2 atom stereocenters. The van der Waals surface area contributed by atoms with Crippen molar-refractivity contribution < 1.29 is 9.59 Å². The monoisotopic (exact) mass is 507 g/mol. The molecule has 1 saturated heterocycles. The lowest BCUT2D eigenvalue weighted by Gasteiger charge is -2.18. The van der Waals surface area contributed by atoms with E-state index in [0.717, 1.165) is 19.6 Å². The van der Waals surface area contributed by atoms with Gasteiger partial charge in [-0.1, -0.05) is 72.3 Å². The molecule has 0 bridgehead atoms. The van der Waals surface area contributed by atoms with Crippen molar-refractivity contribution >= 4 is 35.4 Å². The second-order valence-corrected chi connectivity index (χ2v) is 10.1. The highest BCUT2D eigenvalue weighted by Gasteiger charge is 2.36. The topological polar surface area (TPSA) is 58.1 Å². The summed E-state index contributed by atoms with van der Waals surface area (Å²) in [5.41, 5.74) is 8.62. The molecule has 1 unspecified atom stereocenters. The summed E-state index contributed by atoms with van der Waals surface area (Å²) < 4.78 is 2.52. The third-order valence-electron chi connectivity index (χ3n) is 7.72. The molecule has 4 heterocycles. The molecular weight excluding hydrogens is 470 g/mol. The molecule has 1 N–H and O–H groups in total. The van der Waals surface area contributed by atoms with E-state index in [-0.39, 0.29) is 0 Å². The van der Waals surface area contributed by atoms with Crippen molar-refractivity contribution in [3.8, 4) is 0 Å². The number of nitrogens with zero attached hydrogens (tertiary/aromatic N) is 2. The van der Waals surface area contributed by atoms with Crippen molar-refractivity contribution in [2.24, 2.45) is 0 Å². The van der Waals surface area contributed by atoms with Crippen LogP contribution in [0.3, 0.4) is 0 Å². The summed E-state index contributed by atoms with van der Waals surface area (Å²) in [4.78, 5) is 22.0. The molecule has 0 amide bonds. The summed E-state index contributed by atoms with van der Waals surface area (Å²) in [6, 6.07) is 25.9. The van der Waals surface area contributed by atoms with Gasteiger partial charge in [0.1, 0.15) is 13.6 Å². The van der Waals surface area contributed by atoms with Crippen LogP contribution in [0.15, 0.2) is 85.2 Å². The maximum absolute atomic E-state index is 8.00. The number of aromatic nitrogens is 2. The van der Waals surface area contributed by atoms with Crippen LogP contribution in [0.4, 0.5) is 0 Å². The van der Waals surface area contributed by atoms with Crippen LogP contribution in [0, 0.1) is 6.92 Å². The molecule has 5 aromatic rings. The average Bonchev–Trinajstić information content (AvgIpc) is 3.68. The maximum atomic E-state index is 8.00. The van der Waals surface area contributed by atoms with Gasteiger partial charge in [-0.25, -0.2) is 0 Å². The van der Waals surface area contributed by atoms with Crippen LogP contribution >= 0.6 is 0 Å². The number of aromatic amines is 1. The molecule has 0 radical (unpaired) electrons. The van der Waals surface area contributed by atoms with Gasteiger partial charge in [0.25, 0.3) is 0 Å². The Bertz CT molecular complexity index is 1470. The summed E-state index contributed by atoms with van der Waals surface area (Å²) in [5.74, 6) is 1.08. The van der Waals surface area contributed by atoms with Gasteiger partial charge < -0.3 is 24.0 Å². The number of carbonyl (C=O) groups is 2. The summed E-state index contributed by atoms with van der Waals surface area (Å²) in [6.45, 7) is 9.50. The van der Waals surface area contributed by atoms with Crippen LogP contribution < -0.4 is 0 Å². The van der Waals surface area contributed by atoms with Gasteiger partial charge >= 0.3 is 0 Å². The van der Waals surface area contributed by atoms with Crippen LogP contribution in [0.25, 0.3) is 21.8 Å². The highest BCUT2D eigenvalue weighted by atomic mass is 16.1. The smallest absolute Gasteiger partial charge is 0.106 e. The predicted octanol–water partition coefficient (Wildman–Crippen LogP) is 6.51. The van der Waals surface area contributed by atoms with Crippen LogP contribution in [0.2, 0.25) is 0 Å². The lowest BCUT2D eigenvalue weighted by Crippen LogP contribution is -2.13. The number of aryl methyl sites for hydroxylation is 3. The first-order valence-electron chi connectivity index (χ1n) is 13.1. The zero-order chi connectivity index (χ0) is 27.1. The lowest BCUT2D eigenvalue weighted by atomic mass is 9.83. The van der Waals surface area contributed by atoms with Crippen molar-refractivity contribution in [1.29, 1.82) is 0 Å². The molecule has 38 heavy (non-hydrogen) atoms. The number of carbonyl (C=O) groups excluding carboxylic acids is 2. The van der Waals surface area contributed by atoms with E-state index in [4.69, 9.17) is 9.59 Å². The number of hydrogen-bond acceptors (Lipinski definition) is 3. The van der Waals surface area contributed by atoms with Crippen molar-refractivity contribution in [2.75, 3.05) is 20.1 Å². The molecule has 0 saturated carbocycles. The molecule has 196 valence electrons. The van der Waals surface area contributed by atoms with Gasteiger partial charge in [0, 0.05) is 60.2 Å². The molecule has 3 aromatic carbocycles. The summed E-state index contributed by atoms with van der Waals surface area (Å²) >= 11 is 0. The molecule has 5 nitrogen and oxygen atoms in total. The first-order chi connectivity index (χ1) is 18.7. The minimum Gasteiger partial charge on any atom is -0.361 e. The van der Waals surface area contributed by atoms with Crippen molar-refractivity contribution in [2.45, 2.75) is 38.1 Å². The Morgan fingerprint density at radius 2 is 1.45 bits per heavy atom. The zero-order valence-corrected chi connectivity index (χ0v) is 22.4. The van der Waals surface area contributed by atoms with Gasteiger partial charge in [0.05, 0.1) is 5.52 Å². The number of likely N-dealkylation sites (N-methyl/N-ethyl adjacent to an activating group) is 1. The molecule has 2 aliphatic heterocycles. The largest absolute Gasteiger partial charge is 0.361 e. The van der Waals surface area contributed by atoms with Crippen LogP contribution in [-0.2, 0) is 22.6 Å². The van der Waals surface area contributed by atoms with Gasteiger partial charge in [-0.15, -0.1) is 0 Å². The lowest BCUT2D eigenvalue weighted by molar-refractivity contribution is -0.0987. The Morgan fingerprint density at radius 3 is 2.16 bits per heavy atom. The SMILES string of the molecule is C=O.C=O.CN1CC(c2c[nH]c3ccccc23)[C@H](c2cn3c4c(cccc24)CCC3)C1.Cc1ccccc1. The third kappa shape index (κ3) is 5.34. The second-order valence-electron chi connectivity index (χ2n) is 10.1. The number of fused-ring (bicyclic) bond motifs is 1. The summed E-state index contributed by atoms with van der Waals surface area (Å²) in [5, 5.41) is 2.87. The molecule has 2 aromatic heterocycles. The van der Waals surface area contributed by atoms with E-state index < -0.39 is 0 Å². The fourth-order valence-electron chi connectivity index (χ4n) is 6.14. The highest BCUT2D eigenvalue weighted by molar-refractivity contribution is 5.89. The number of likely N-dealkylation sites (tertiary alicyclic amines) is 1. The Hall–Kier alpha value is -3.96. The van der Waals surface area contributed by atoms with E-state index in [9.17, 15) is 0 Å². The average molecular weight is 508 g/mol. The predicted molar refractivity (Wildman–Crippen MR) is 157 cm³/mol. The number of benzene rings is 3. The zero-order valence-electron chi connectivity index (χ0n) is 22.4. The Labute approximate surface area is 225 Å². The van der Waals surface area contributed by atoms with Gasteiger partial charge in [-0.3, -0.25) is 0 Å². The highest BCUT2D eigenvalue weighted by Crippen LogP contribution is 2.45. The Balaban J connectivity index is 0.000000262. The molecule has 7 rings (SSSR count). The van der Waals surface area contributed by atoms with E-state index in [1.807, 2.05) is 31.8 Å². The third-order valence-corrected chi connectivity index (χ3v) is 7.72. The molecule has 2 aliphatic rings. The normalized spacial score (nSPS) is 18.1. The first-order valence-corrected chi connectivity index (χ1v) is 13.1. The summed E-state index contributed by atoms with van der Waals surface area (Å²) in [6.07, 6.45) is 7.21. The van der Waals surface area contributed by atoms with Crippen molar-refractivity contribution in [3.05, 3.63) is 107 Å². The molecule has 1 fully saturated rings. The Morgan fingerprint density at radius 1 is 0.789 bits per heavy atom. The fraction of sp³-hybridized carbons (Fsp3) is 0.273. The standard InChI is InChI=1S/C24H25N3.C7H8.2CH2O/c1-26-13-20(19-12-25-23-10-3-2-8-17(19)23)21(14-26)22-15-27-11-5-7-16-6-4-9-18(22)24(16)27;1-7-5-3-2-4-6-7;2*1-2/h2-4,6,8-10,12,15,20-21,25H,5,7,11,13-14H2,1H3;2-6H,1H3;2*1H2/t20?,21-;;;/m1.../s1. The molecule has 0 spiro atoms. The van der Waals surface area contributed by atoms with Crippen LogP contribution in [-0.4, -0.2) is 48.2 Å². The number of para-hydroxylation sites is 2. The minimum atomic E-state index is 0.537. The minimum absolute atomic E-state index is 0.537. The molecule has 0 aliphatic carbocycles. The van der Waals surface area contributed by atoms with E-state index in [1.165, 1.54) is 51.3 Å². The van der Waals surface area contributed by atoms with E-state index in [1.54, 1.807) is 5.56 Å². The van der Waals surface area contributed by atoms with Crippen molar-refractivity contribution in [3.63, 3.8) is 0 Å². The van der Waals surface area contributed by atoms with Gasteiger partial charge in [-0.05, 0) is 49.6 Å². The maximum Gasteiger partial charge on any atom is 0.106 e. The van der Waals surface area contributed by atoms with E-state index in [2.05, 4.69) is 95.4 Å². The number of nitrogens with one attached hydrogen (secondary N) is 1. The second kappa shape index (κ2) is 12.5.